The van der Waals surface area contributed by atoms with Gasteiger partial charge in [-0.25, -0.2) is 9.18 Å². The van der Waals surface area contributed by atoms with Crippen molar-refractivity contribution in [2.45, 2.75) is 26.4 Å². The summed E-state index contributed by atoms with van der Waals surface area (Å²) in [4.78, 5) is 33.5. The van der Waals surface area contributed by atoms with Crippen LogP contribution in [0.1, 0.15) is 31.3 Å². The monoisotopic (exact) mass is 365 g/mol. The standard InChI is InChI=1S/C16H16FN3O6/c1-16(2,3)26-15(22)19-11-8-9(4-5-10(11)17)18-14(21)12-6-7-13(25-12)20(23)24/h4-8H,1-3H3,(H,18,21)(H,19,22). The number of benzene rings is 1. The Hall–Kier alpha value is -3.43. The van der Waals surface area contributed by atoms with Gasteiger partial charge in [-0.2, -0.15) is 0 Å². The molecular formula is C16H16FN3O6. The Balaban J connectivity index is 2.11. The maximum Gasteiger partial charge on any atom is 0.433 e. The zero-order valence-electron chi connectivity index (χ0n) is 14.2. The predicted octanol–water partition coefficient (Wildman–Crippen LogP) is 3.93. The Labute approximate surface area is 147 Å². The summed E-state index contributed by atoms with van der Waals surface area (Å²) in [7, 11) is 0. The van der Waals surface area contributed by atoms with E-state index < -0.39 is 34.2 Å². The third-order valence-corrected chi connectivity index (χ3v) is 2.86. The van der Waals surface area contributed by atoms with Gasteiger partial charge in [-0.3, -0.25) is 20.2 Å². The first kappa shape index (κ1) is 18.9. The molecule has 0 saturated carbocycles. The van der Waals surface area contributed by atoms with E-state index in [1.165, 1.54) is 12.1 Å². The molecule has 2 N–H and O–H groups in total. The van der Waals surface area contributed by atoms with Gasteiger partial charge in [-0.05, 0) is 45.0 Å². The Morgan fingerprint density at radius 2 is 1.88 bits per heavy atom. The number of nitro groups is 1. The highest BCUT2D eigenvalue weighted by Gasteiger charge is 2.19. The lowest BCUT2D eigenvalue weighted by Gasteiger charge is -2.20. The molecule has 1 heterocycles. The fourth-order valence-corrected chi connectivity index (χ4v) is 1.85. The molecule has 2 amide bonds. The van der Waals surface area contributed by atoms with Crippen LogP contribution in [0.15, 0.2) is 34.7 Å². The number of hydrogen-bond donors (Lipinski definition) is 2. The quantitative estimate of drug-likeness (QED) is 0.625. The zero-order valence-corrected chi connectivity index (χ0v) is 14.2. The van der Waals surface area contributed by atoms with Crippen LogP contribution in [0.5, 0.6) is 0 Å². The van der Waals surface area contributed by atoms with Crippen LogP contribution in [0.3, 0.4) is 0 Å². The maximum absolute atomic E-state index is 13.8. The zero-order chi connectivity index (χ0) is 19.5. The van der Waals surface area contributed by atoms with Gasteiger partial charge in [-0.15, -0.1) is 0 Å². The van der Waals surface area contributed by atoms with E-state index in [2.05, 4.69) is 10.6 Å². The van der Waals surface area contributed by atoms with Crippen molar-refractivity contribution in [3.63, 3.8) is 0 Å². The molecule has 0 saturated heterocycles. The highest BCUT2D eigenvalue weighted by atomic mass is 19.1. The third kappa shape index (κ3) is 5.03. The first-order valence-electron chi connectivity index (χ1n) is 7.40. The van der Waals surface area contributed by atoms with Crippen LogP contribution in [0.2, 0.25) is 0 Å². The van der Waals surface area contributed by atoms with Crippen LogP contribution in [0, 0.1) is 15.9 Å². The van der Waals surface area contributed by atoms with Gasteiger partial charge in [-0.1, -0.05) is 0 Å². The Kier molecular flexibility index (Phi) is 5.24. The molecule has 0 fully saturated rings. The molecular weight excluding hydrogens is 349 g/mol. The number of halogens is 1. The van der Waals surface area contributed by atoms with Crippen molar-refractivity contribution in [2.24, 2.45) is 0 Å². The van der Waals surface area contributed by atoms with E-state index in [1.54, 1.807) is 20.8 Å². The number of furan rings is 1. The predicted molar refractivity (Wildman–Crippen MR) is 89.6 cm³/mol. The number of carbonyl (C=O) groups is 2. The summed E-state index contributed by atoms with van der Waals surface area (Å²) in [5.41, 5.74) is -0.829. The molecule has 138 valence electrons. The van der Waals surface area contributed by atoms with Gasteiger partial charge in [0.05, 0.1) is 11.8 Å². The average molecular weight is 365 g/mol. The maximum atomic E-state index is 13.8. The van der Waals surface area contributed by atoms with E-state index in [4.69, 9.17) is 9.15 Å². The molecule has 0 aliphatic heterocycles. The minimum atomic E-state index is -0.860. The molecule has 0 aliphatic carbocycles. The summed E-state index contributed by atoms with van der Waals surface area (Å²) < 4.78 is 23.6. The first-order valence-corrected chi connectivity index (χ1v) is 7.40. The second kappa shape index (κ2) is 7.21. The lowest BCUT2D eigenvalue weighted by molar-refractivity contribution is -0.402. The van der Waals surface area contributed by atoms with Crippen molar-refractivity contribution >= 4 is 29.3 Å². The summed E-state index contributed by atoms with van der Waals surface area (Å²) in [6.45, 7) is 4.96. The van der Waals surface area contributed by atoms with Crippen molar-refractivity contribution in [1.29, 1.82) is 0 Å². The lowest BCUT2D eigenvalue weighted by Crippen LogP contribution is -2.27. The molecule has 0 spiro atoms. The fraction of sp³-hybridized carbons (Fsp3) is 0.250. The van der Waals surface area contributed by atoms with Gasteiger partial charge < -0.3 is 14.5 Å². The van der Waals surface area contributed by atoms with Crippen molar-refractivity contribution in [3.05, 3.63) is 52.0 Å². The molecule has 9 nitrogen and oxygen atoms in total. The molecule has 0 bridgehead atoms. The number of amides is 2. The molecule has 0 unspecified atom stereocenters. The average Bonchev–Trinajstić information content (AvgIpc) is 2.99. The van der Waals surface area contributed by atoms with Gasteiger partial charge in [0.2, 0.25) is 0 Å². The topological polar surface area (TPSA) is 124 Å². The largest absolute Gasteiger partial charge is 0.444 e. The van der Waals surface area contributed by atoms with Crippen LogP contribution in [0.25, 0.3) is 0 Å². The first-order chi connectivity index (χ1) is 12.0. The van der Waals surface area contributed by atoms with Crippen molar-refractivity contribution in [3.8, 4) is 0 Å². The summed E-state index contributed by atoms with van der Waals surface area (Å²) in [6, 6.07) is 5.64. The number of anilines is 2. The molecule has 1 aromatic carbocycles. The van der Waals surface area contributed by atoms with Crippen LogP contribution >= 0.6 is 0 Å². The second-order valence-corrected chi connectivity index (χ2v) is 6.17. The highest BCUT2D eigenvalue weighted by molar-refractivity contribution is 6.02. The molecule has 0 aliphatic rings. The Bertz CT molecular complexity index is 856. The number of nitrogens with one attached hydrogen (secondary N) is 2. The minimum absolute atomic E-state index is 0.140. The lowest BCUT2D eigenvalue weighted by atomic mass is 10.2. The van der Waals surface area contributed by atoms with E-state index in [1.807, 2.05) is 0 Å². The Morgan fingerprint density at radius 3 is 2.46 bits per heavy atom. The van der Waals surface area contributed by atoms with Crippen LogP contribution in [-0.4, -0.2) is 22.5 Å². The molecule has 10 heteroatoms. The molecule has 26 heavy (non-hydrogen) atoms. The number of ether oxygens (including phenoxy) is 1. The highest BCUT2D eigenvalue weighted by Crippen LogP contribution is 2.22. The van der Waals surface area contributed by atoms with Gasteiger partial charge in [0.25, 0.3) is 5.91 Å². The minimum Gasteiger partial charge on any atom is -0.444 e. The number of carbonyl (C=O) groups excluding carboxylic acids is 2. The smallest absolute Gasteiger partial charge is 0.433 e. The molecule has 2 aromatic rings. The number of nitrogens with zero attached hydrogens (tertiary/aromatic N) is 1. The van der Waals surface area contributed by atoms with E-state index in [0.29, 0.717) is 0 Å². The Morgan fingerprint density at radius 1 is 1.19 bits per heavy atom. The van der Waals surface area contributed by atoms with E-state index in [-0.39, 0.29) is 17.1 Å². The van der Waals surface area contributed by atoms with Crippen LogP contribution in [0.4, 0.5) is 26.4 Å². The van der Waals surface area contributed by atoms with Crippen molar-refractivity contribution in [1.82, 2.24) is 0 Å². The van der Waals surface area contributed by atoms with Crippen molar-refractivity contribution < 1.29 is 28.1 Å². The fourth-order valence-electron chi connectivity index (χ4n) is 1.85. The summed E-state index contributed by atoms with van der Waals surface area (Å²) in [5, 5.41) is 15.2. The third-order valence-electron chi connectivity index (χ3n) is 2.86. The molecule has 0 atom stereocenters. The van der Waals surface area contributed by atoms with Crippen LogP contribution < -0.4 is 10.6 Å². The van der Waals surface area contributed by atoms with E-state index >= 15 is 0 Å². The molecule has 2 rings (SSSR count). The summed E-state index contributed by atoms with van der Waals surface area (Å²) in [6.07, 6.45) is -0.860. The van der Waals surface area contributed by atoms with Gasteiger partial charge in [0.1, 0.15) is 16.3 Å². The summed E-state index contributed by atoms with van der Waals surface area (Å²) >= 11 is 0. The van der Waals surface area contributed by atoms with Gasteiger partial charge >= 0.3 is 12.0 Å². The van der Waals surface area contributed by atoms with Gasteiger partial charge in [0.15, 0.2) is 5.76 Å². The molecule has 1 aromatic heterocycles. The summed E-state index contributed by atoms with van der Waals surface area (Å²) in [5.74, 6) is -2.38. The number of hydrogen-bond acceptors (Lipinski definition) is 6. The van der Waals surface area contributed by atoms with Crippen molar-refractivity contribution in [2.75, 3.05) is 10.6 Å². The normalized spacial score (nSPS) is 10.9. The van der Waals surface area contributed by atoms with Crippen LogP contribution in [-0.2, 0) is 4.74 Å². The van der Waals surface area contributed by atoms with E-state index in [0.717, 1.165) is 18.2 Å². The van der Waals surface area contributed by atoms with E-state index in [9.17, 15) is 24.1 Å². The number of rotatable bonds is 4. The molecule has 0 radical (unpaired) electrons. The second-order valence-electron chi connectivity index (χ2n) is 6.17. The SMILES string of the molecule is CC(C)(C)OC(=O)Nc1cc(NC(=O)c2ccc([N+](=O)[O-])o2)ccc1F. The van der Waals surface area contributed by atoms with Gasteiger partial charge in [0, 0.05) is 5.69 Å².